The van der Waals surface area contributed by atoms with Gasteiger partial charge in [0, 0.05) is 64.8 Å². The average Bonchev–Trinajstić information content (AvgIpc) is 2.79. The van der Waals surface area contributed by atoms with Crippen molar-refractivity contribution in [1.29, 1.82) is 0 Å². The lowest BCUT2D eigenvalue weighted by atomic mass is 10.2. The summed E-state index contributed by atoms with van der Waals surface area (Å²) in [5.41, 5.74) is 0.421. The van der Waals surface area contributed by atoms with Crippen molar-refractivity contribution in [3.63, 3.8) is 0 Å². The molecule has 9 nitrogen and oxygen atoms in total. The van der Waals surface area contributed by atoms with Crippen molar-refractivity contribution in [1.82, 2.24) is 30.0 Å². The molecule has 0 radical (unpaired) electrons. The maximum atomic E-state index is 12.7. The number of hydrogen-bond acceptors (Lipinski definition) is 8. The minimum Gasteiger partial charge on any atom is -0.352 e. The largest absolute Gasteiger partial charge is 0.352 e. The summed E-state index contributed by atoms with van der Waals surface area (Å²) in [5, 5.41) is 8.53. The van der Waals surface area contributed by atoms with Crippen LogP contribution < -0.4 is 9.80 Å². The molecule has 2 saturated heterocycles. The van der Waals surface area contributed by atoms with Crippen LogP contribution in [0.1, 0.15) is 17.4 Å². The standard InChI is InChI=1S/C19H26N8O/c1-2-24-8-10-26(11-9-24)18(28)16-4-5-17(23-22-16)25-12-14-27(15-13-25)19-20-6-3-7-21-19/h3-7H,2,8-15H2,1H3. The molecular formula is C19H26N8O. The molecule has 0 bridgehead atoms. The first-order valence-electron chi connectivity index (χ1n) is 9.87. The van der Waals surface area contributed by atoms with Crippen molar-refractivity contribution >= 4 is 17.7 Å². The minimum atomic E-state index is -0.0270. The molecule has 0 spiro atoms. The van der Waals surface area contributed by atoms with Gasteiger partial charge in [0.05, 0.1) is 0 Å². The van der Waals surface area contributed by atoms with E-state index in [0.717, 1.165) is 70.7 Å². The van der Waals surface area contributed by atoms with Gasteiger partial charge in [0.15, 0.2) is 11.5 Å². The fourth-order valence-corrected chi connectivity index (χ4v) is 3.63. The Balaban J connectivity index is 1.33. The predicted octanol–water partition coefficient (Wildman–Crippen LogP) is 0.371. The number of likely N-dealkylation sites (N-methyl/N-ethyl adjacent to an activating group) is 1. The normalized spacial score (nSPS) is 18.4. The van der Waals surface area contributed by atoms with Gasteiger partial charge in [-0.2, -0.15) is 0 Å². The lowest BCUT2D eigenvalue weighted by Crippen LogP contribution is -2.48. The Kier molecular flexibility index (Phi) is 5.61. The van der Waals surface area contributed by atoms with Crippen molar-refractivity contribution in [3.8, 4) is 0 Å². The van der Waals surface area contributed by atoms with Gasteiger partial charge in [0.25, 0.3) is 5.91 Å². The Morgan fingerprint density at radius 3 is 2.18 bits per heavy atom. The molecule has 0 aliphatic carbocycles. The van der Waals surface area contributed by atoms with Crippen molar-refractivity contribution in [2.75, 3.05) is 68.7 Å². The summed E-state index contributed by atoms with van der Waals surface area (Å²) in [7, 11) is 0. The average molecular weight is 382 g/mol. The fraction of sp³-hybridized carbons (Fsp3) is 0.526. The number of carbonyl (C=O) groups excluding carboxylic acids is 1. The van der Waals surface area contributed by atoms with Gasteiger partial charge in [-0.05, 0) is 24.7 Å². The van der Waals surface area contributed by atoms with Gasteiger partial charge >= 0.3 is 0 Å². The summed E-state index contributed by atoms with van der Waals surface area (Å²) in [6.07, 6.45) is 3.52. The van der Waals surface area contributed by atoms with Crippen LogP contribution in [0.5, 0.6) is 0 Å². The van der Waals surface area contributed by atoms with Crippen LogP contribution in [0.2, 0.25) is 0 Å². The van der Waals surface area contributed by atoms with Crippen molar-refractivity contribution < 1.29 is 4.79 Å². The first-order valence-corrected chi connectivity index (χ1v) is 9.87. The number of piperazine rings is 2. The zero-order chi connectivity index (χ0) is 19.3. The molecule has 148 valence electrons. The van der Waals surface area contributed by atoms with Gasteiger partial charge in [-0.3, -0.25) is 4.79 Å². The zero-order valence-electron chi connectivity index (χ0n) is 16.2. The molecule has 4 rings (SSSR count). The van der Waals surface area contributed by atoms with Crippen LogP contribution in [0.3, 0.4) is 0 Å². The second-order valence-corrected chi connectivity index (χ2v) is 7.03. The molecule has 0 saturated carbocycles. The SMILES string of the molecule is CCN1CCN(C(=O)c2ccc(N3CCN(c4ncccn4)CC3)nn2)CC1. The molecule has 0 N–H and O–H groups in total. The third kappa shape index (κ3) is 4.04. The van der Waals surface area contributed by atoms with Crippen LogP contribution in [0.15, 0.2) is 30.6 Å². The summed E-state index contributed by atoms with van der Waals surface area (Å²) in [6.45, 7) is 9.81. The van der Waals surface area contributed by atoms with E-state index in [1.165, 1.54) is 0 Å². The molecule has 0 atom stereocenters. The van der Waals surface area contributed by atoms with E-state index in [9.17, 15) is 4.79 Å². The Morgan fingerprint density at radius 1 is 0.893 bits per heavy atom. The van der Waals surface area contributed by atoms with Crippen LogP contribution in [-0.4, -0.2) is 94.8 Å². The molecule has 0 unspecified atom stereocenters. The molecular weight excluding hydrogens is 356 g/mol. The van der Waals surface area contributed by atoms with Crippen LogP contribution in [0.4, 0.5) is 11.8 Å². The van der Waals surface area contributed by atoms with Crippen molar-refractivity contribution in [2.24, 2.45) is 0 Å². The molecule has 28 heavy (non-hydrogen) atoms. The van der Waals surface area contributed by atoms with Crippen molar-refractivity contribution in [2.45, 2.75) is 6.92 Å². The summed E-state index contributed by atoms with van der Waals surface area (Å²) in [5.74, 6) is 1.54. The number of rotatable bonds is 4. The lowest BCUT2D eigenvalue weighted by Gasteiger charge is -2.35. The molecule has 9 heteroatoms. The zero-order valence-corrected chi connectivity index (χ0v) is 16.2. The highest BCUT2D eigenvalue weighted by atomic mass is 16.2. The van der Waals surface area contributed by atoms with E-state index < -0.39 is 0 Å². The Morgan fingerprint density at radius 2 is 1.57 bits per heavy atom. The third-order valence-electron chi connectivity index (χ3n) is 5.41. The highest BCUT2D eigenvalue weighted by molar-refractivity contribution is 5.92. The Hall–Kier alpha value is -2.81. The van der Waals surface area contributed by atoms with Crippen LogP contribution >= 0.6 is 0 Å². The van der Waals surface area contributed by atoms with E-state index >= 15 is 0 Å². The van der Waals surface area contributed by atoms with Crippen LogP contribution in [0.25, 0.3) is 0 Å². The highest BCUT2D eigenvalue weighted by Crippen LogP contribution is 2.16. The number of nitrogens with zero attached hydrogens (tertiary/aromatic N) is 8. The number of anilines is 2. The smallest absolute Gasteiger partial charge is 0.274 e. The van der Waals surface area contributed by atoms with Gasteiger partial charge in [-0.25, -0.2) is 9.97 Å². The molecule has 2 aromatic rings. The first-order chi connectivity index (χ1) is 13.7. The quantitative estimate of drug-likeness (QED) is 0.750. The van der Waals surface area contributed by atoms with E-state index in [-0.39, 0.29) is 5.91 Å². The molecule has 2 aliphatic rings. The molecule has 1 amide bonds. The topological polar surface area (TPSA) is 81.6 Å². The van der Waals surface area contributed by atoms with Gasteiger partial charge in [0.2, 0.25) is 5.95 Å². The number of hydrogen-bond donors (Lipinski definition) is 0. The highest BCUT2D eigenvalue weighted by Gasteiger charge is 2.24. The molecule has 4 heterocycles. The summed E-state index contributed by atoms with van der Waals surface area (Å²) in [6, 6.07) is 5.52. The number of carbonyl (C=O) groups is 1. The second kappa shape index (κ2) is 8.47. The van der Waals surface area contributed by atoms with Gasteiger partial charge < -0.3 is 19.6 Å². The van der Waals surface area contributed by atoms with E-state index in [0.29, 0.717) is 5.69 Å². The first kappa shape index (κ1) is 18.5. The molecule has 2 aromatic heterocycles. The lowest BCUT2D eigenvalue weighted by molar-refractivity contribution is 0.0636. The minimum absolute atomic E-state index is 0.0270. The maximum Gasteiger partial charge on any atom is 0.274 e. The van der Waals surface area contributed by atoms with E-state index in [1.54, 1.807) is 18.5 Å². The maximum absolute atomic E-state index is 12.7. The molecule has 2 fully saturated rings. The van der Waals surface area contributed by atoms with Gasteiger partial charge in [0.1, 0.15) is 0 Å². The van der Waals surface area contributed by atoms with Crippen LogP contribution in [0, 0.1) is 0 Å². The van der Waals surface area contributed by atoms with Gasteiger partial charge in [-0.1, -0.05) is 6.92 Å². The second-order valence-electron chi connectivity index (χ2n) is 7.03. The summed E-state index contributed by atoms with van der Waals surface area (Å²) in [4.78, 5) is 29.8. The molecule has 2 aliphatic heterocycles. The fourth-order valence-electron chi connectivity index (χ4n) is 3.63. The predicted molar refractivity (Wildman–Crippen MR) is 107 cm³/mol. The van der Waals surface area contributed by atoms with E-state index in [2.05, 4.69) is 41.8 Å². The third-order valence-corrected chi connectivity index (χ3v) is 5.41. The number of amides is 1. The van der Waals surface area contributed by atoms with Crippen LogP contribution in [-0.2, 0) is 0 Å². The molecule has 0 aromatic carbocycles. The van der Waals surface area contributed by atoms with E-state index in [4.69, 9.17) is 0 Å². The Bertz CT molecular complexity index is 768. The summed E-state index contributed by atoms with van der Waals surface area (Å²) < 4.78 is 0. The van der Waals surface area contributed by atoms with E-state index in [1.807, 2.05) is 17.0 Å². The van der Waals surface area contributed by atoms with Gasteiger partial charge in [-0.15, -0.1) is 10.2 Å². The Labute approximate surface area is 165 Å². The van der Waals surface area contributed by atoms with Crippen molar-refractivity contribution in [3.05, 3.63) is 36.3 Å². The number of aromatic nitrogens is 4. The summed E-state index contributed by atoms with van der Waals surface area (Å²) >= 11 is 0. The monoisotopic (exact) mass is 382 g/mol.